The van der Waals surface area contributed by atoms with Crippen LogP contribution in [-0.2, 0) is 6.54 Å². The van der Waals surface area contributed by atoms with Gasteiger partial charge in [-0.1, -0.05) is 6.92 Å². The van der Waals surface area contributed by atoms with Crippen LogP contribution in [0.2, 0.25) is 0 Å². The number of hydrogen-bond donors (Lipinski definition) is 0. The predicted molar refractivity (Wildman–Crippen MR) is 65.8 cm³/mol. The largest absolute Gasteiger partial charge is 0.494 e. The molecule has 2 rings (SSSR count). The summed E-state index contributed by atoms with van der Waals surface area (Å²) in [6, 6.07) is 8.23. The van der Waals surface area contributed by atoms with E-state index in [1.165, 1.54) is 5.56 Å². The first-order valence-electron chi connectivity index (χ1n) is 5.89. The Labute approximate surface area is 102 Å². The Morgan fingerprint density at radius 3 is 2.47 bits per heavy atom. The van der Waals surface area contributed by atoms with Crippen molar-refractivity contribution in [2.75, 3.05) is 6.61 Å². The Morgan fingerprint density at radius 1 is 1.12 bits per heavy atom. The second-order valence-corrected chi connectivity index (χ2v) is 3.91. The molecule has 0 atom stereocenters. The van der Waals surface area contributed by atoms with Crippen molar-refractivity contribution in [1.29, 1.82) is 0 Å². The fourth-order valence-corrected chi connectivity index (χ4v) is 1.57. The third-order valence-corrected chi connectivity index (χ3v) is 2.45. The fourth-order valence-electron chi connectivity index (χ4n) is 1.57. The highest BCUT2D eigenvalue weighted by atomic mass is 16.5. The second kappa shape index (κ2) is 5.99. The molecule has 0 saturated carbocycles. The summed E-state index contributed by atoms with van der Waals surface area (Å²) in [5.74, 6) is 0.940. The van der Waals surface area contributed by atoms with Crippen LogP contribution in [0.25, 0.3) is 0 Å². The zero-order valence-electron chi connectivity index (χ0n) is 10.0. The first-order chi connectivity index (χ1) is 8.38. The van der Waals surface area contributed by atoms with Crippen molar-refractivity contribution in [3.8, 4) is 5.75 Å². The van der Waals surface area contributed by atoms with E-state index in [1.54, 1.807) is 12.4 Å². The Kier molecular flexibility index (Phi) is 4.08. The van der Waals surface area contributed by atoms with E-state index in [2.05, 4.69) is 28.6 Å². The molecular formula is C14H17N2O+. The van der Waals surface area contributed by atoms with Crippen LogP contribution >= 0.6 is 0 Å². The number of rotatable bonds is 5. The van der Waals surface area contributed by atoms with Crippen molar-refractivity contribution < 1.29 is 9.30 Å². The molecule has 0 fully saturated rings. The van der Waals surface area contributed by atoms with Crippen LogP contribution in [0.3, 0.4) is 0 Å². The topological polar surface area (TPSA) is 26.0 Å². The van der Waals surface area contributed by atoms with Gasteiger partial charge in [0.25, 0.3) is 0 Å². The van der Waals surface area contributed by atoms with Crippen LogP contribution in [0, 0.1) is 0 Å². The normalized spacial score (nSPS) is 10.2. The lowest BCUT2D eigenvalue weighted by Crippen LogP contribution is -2.33. The van der Waals surface area contributed by atoms with Gasteiger partial charge in [-0.25, -0.2) is 0 Å². The van der Waals surface area contributed by atoms with Crippen molar-refractivity contribution >= 4 is 0 Å². The predicted octanol–water partition coefficient (Wildman–Crippen LogP) is 2.21. The molecule has 0 aliphatic carbocycles. The minimum atomic E-state index is 0.776. The molecule has 3 nitrogen and oxygen atoms in total. The molecule has 1 heterocycles. The highest BCUT2D eigenvalue weighted by Crippen LogP contribution is 2.12. The highest BCUT2D eigenvalue weighted by Gasteiger charge is 2.01. The first-order valence-corrected chi connectivity index (χ1v) is 5.89. The van der Waals surface area contributed by atoms with Gasteiger partial charge in [0.1, 0.15) is 5.75 Å². The molecule has 0 saturated heterocycles. The van der Waals surface area contributed by atoms with Gasteiger partial charge in [-0.3, -0.25) is 4.98 Å². The Morgan fingerprint density at radius 2 is 1.82 bits per heavy atom. The van der Waals surface area contributed by atoms with Gasteiger partial charge in [0.15, 0.2) is 18.9 Å². The van der Waals surface area contributed by atoms with Crippen LogP contribution < -0.4 is 9.30 Å². The lowest BCUT2D eigenvalue weighted by Gasteiger charge is -2.04. The van der Waals surface area contributed by atoms with Crippen LogP contribution in [0.4, 0.5) is 0 Å². The lowest BCUT2D eigenvalue weighted by molar-refractivity contribution is -0.688. The van der Waals surface area contributed by atoms with E-state index in [0.29, 0.717) is 0 Å². The number of ether oxygens (including phenoxy) is 1. The van der Waals surface area contributed by atoms with Crippen molar-refractivity contribution in [3.63, 3.8) is 0 Å². The molecule has 0 unspecified atom stereocenters. The number of hydrogen-bond acceptors (Lipinski definition) is 2. The molecule has 1 aromatic heterocycles. The van der Waals surface area contributed by atoms with E-state index < -0.39 is 0 Å². The van der Waals surface area contributed by atoms with E-state index in [-0.39, 0.29) is 0 Å². The summed E-state index contributed by atoms with van der Waals surface area (Å²) in [7, 11) is 0. The number of nitrogens with zero attached hydrogens (tertiary/aromatic N) is 2. The smallest absolute Gasteiger partial charge is 0.187 e. The lowest BCUT2D eigenvalue weighted by atomic mass is 10.2. The standard InChI is InChI=1S/C14H17N2O/c1-2-11-17-14-5-3-13(4-6-14)12-16-9-7-15-8-10-16/h3-10H,2,11-12H2,1H3/q+1. The number of benzene rings is 1. The van der Waals surface area contributed by atoms with Crippen molar-refractivity contribution in [3.05, 3.63) is 54.6 Å². The second-order valence-electron chi connectivity index (χ2n) is 3.91. The summed E-state index contributed by atoms with van der Waals surface area (Å²) in [6.07, 6.45) is 8.54. The minimum Gasteiger partial charge on any atom is -0.494 e. The highest BCUT2D eigenvalue weighted by molar-refractivity contribution is 5.26. The van der Waals surface area contributed by atoms with Gasteiger partial charge in [-0.2, -0.15) is 4.57 Å². The van der Waals surface area contributed by atoms with E-state index in [4.69, 9.17) is 4.74 Å². The average Bonchev–Trinajstić information content (AvgIpc) is 2.39. The SMILES string of the molecule is CCCOc1ccc(C[n+]2ccncc2)cc1. The Bertz CT molecular complexity index is 440. The van der Waals surface area contributed by atoms with Crippen molar-refractivity contribution in [2.45, 2.75) is 19.9 Å². The van der Waals surface area contributed by atoms with Gasteiger partial charge in [-0.05, 0) is 30.7 Å². The summed E-state index contributed by atoms with van der Waals surface area (Å²) >= 11 is 0. The molecule has 88 valence electrons. The van der Waals surface area contributed by atoms with Gasteiger partial charge in [0.2, 0.25) is 0 Å². The zero-order chi connectivity index (χ0) is 11.9. The van der Waals surface area contributed by atoms with E-state index in [0.717, 1.165) is 25.3 Å². The Hall–Kier alpha value is -1.90. The molecular weight excluding hydrogens is 212 g/mol. The van der Waals surface area contributed by atoms with Gasteiger partial charge < -0.3 is 4.74 Å². The van der Waals surface area contributed by atoms with Crippen molar-refractivity contribution in [1.82, 2.24) is 4.98 Å². The van der Waals surface area contributed by atoms with Crippen LogP contribution in [0.1, 0.15) is 18.9 Å². The molecule has 0 N–H and O–H groups in total. The number of aromatic nitrogens is 2. The maximum atomic E-state index is 5.54. The maximum Gasteiger partial charge on any atom is 0.187 e. The van der Waals surface area contributed by atoms with Crippen LogP contribution in [0.15, 0.2) is 49.1 Å². The molecule has 0 aliphatic heterocycles. The summed E-state index contributed by atoms with van der Waals surface area (Å²) in [5, 5.41) is 0. The third-order valence-electron chi connectivity index (χ3n) is 2.45. The molecule has 1 aromatic carbocycles. The van der Waals surface area contributed by atoms with Crippen LogP contribution in [0.5, 0.6) is 5.75 Å². The molecule has 17 heavy (non-hydrogen) atoms. The van der Waals surface area contributed by atoms with Crippen LogP contribution in [-0.4, -0.2) is 11.6 Å². The van der Waals surface area contributed by atoms with Gasteiger partial charge in [0.05, 0.1) is 19.0 Å². The van der Waals surface area contributed by atoms with Gasteiger partial charge in [0, 0.05) is 5.56 Å². The molecule has 0 aliphatic rings. The average molecular weight is 229 g/mol. The van der Waals surface area contributed by atoms with Gasteiger partial charge in [-0.15, -0.1) is 0 Å². The fraction of sp³-hybridized carbons (Fsp3) is 0.286. The minimum absolute atomic E-state index is 0.776. The van der Waals surface area contributed by atoms with Gasteiger partial charge >= 0.3 is 0 Å². The monoisotopic (exact) mass is 229 g/mol. The summed E-state index contributed by atoms with van der Waals surface area (Å²) < 4.78 is 7.64. The molecule has 2 aromatic rings. The summed E-state index contributed by atoms with van der Waals surface area (Å²) in [5.41, 5.74) is 1.25. The first kappa shape index (κ1) is 11.6. The third kappa shape index (κ3) is 3.55. The van der Waals surface area contributed by atoms with E-state index in [1.807, 2.05) is 24.5 Å². The molecule has 0 radical (unpaired) electrons. The molecule has 0 spiro atoms. The van der Waals surface area contributed by atoms with Crippen molar-refractivity contribution in [2.24, 2.45) is 0 Å². The van der Waals surface area contributed by atoms with E-state index >= 15 is 0 Å². The summed E-state index contributed by atoms with van der Waals surface area (Å²) in [4.78, 5) is 3.99. The molecule has 3 heteroatoms. The zero-order valence-corrected chi connectivity index (χ0v) is 10.0. The molecule has 0 amide bonds. The maximum absolute atomic E-state index is 5.54. The quantitative estimate of drug-likeness (QED) is 0.735. The summed E-state index contributed by atoms with van der Waals surface area (Å²) in [6.45, 7) is 3.74. The van der Waals surface area contributed by atoms with E-state index in [9.17, 15) is 0 Å². The molecule has 0 bridgehead atoms. The Balaban J connectivity index is 1.98.